The number of nitro groups is 2. The first-order chi connectivity index (χ1) is 15.1. The molecule has 0 saturated heterocycles. The van der Waals surface area contributed by atoms with Gasteiger partial charge in [0, 0.05) is 12.2 Å². The van der Waals surface area contributed by atoms with Crippen LogP contribution in [0.15, 0.2) is 90.0 Å². The third-order valence-electron chi connectivity index (χ3n) is 4.16. The Bertz CT molecular complexity index is 1060. The van der Waals surface area contributed by atoms with Gasteiger partial charge in [0.05, 0.1) is 15.4 Å². The van der Waals surface area contributed by atoms with Crippen molar-refractivity contribution in [1.82, 2.24) is 0 Å². The summed E-state index contributed by atoms with van der Waals surface area (Å²) in [5, 5.41) is 31.1. The van der Waals surface area contributed by atoms with Crippen LogP contribution in [-0.2, 0) is 6.42 Å². The Morgan fingerprint density at radius 2 is 1.69 bits per heavy atom. The van der Waals surface area contributed by atoms with Crippen LogP contribution in [0.25, 0.3) is 0 Å². The summed E-state index contributed by atoms with van der Waals surface area (Å²) in [6, 6.07) is 4.45. The Hall–Kier alpha value is -4.27. The first kappa shape index (κ1) is 25.8. The number of carbonyl (C=O) groups is 1. The Morgan fingerprint density at radius 1 is 1.00 bits per heavy atom. The standard InChI is InChI=1S/C23H24N2O7/c1-5-17(9-10-20(6-2)25(30)31)12-18-13-19(23(26)27)15-22(14-18)32-21(7-3)11-8-16(4)24(28)29/h5-11,13-15H,4,12H2,1-3H3,(H,26,27)/b10-9-,11-8-,17-5+,20-6+,21-7+. The maximum atomic E-state index is 11.6. The number of nitrogens with zero attached hydrogens (tertiary/aromatic N) is 2. The Labute approximate surface area is 185 Å². The van der Waals surface area contributed by atoms with Crippen molar-refractivity contribution in [3.05, 3.63) is 121 Å². The number of hydrogen-bond donors (Lipinski definition) is 1. The molecule has 0 radical (unpaired) electrons. The summed E-state index contributed by atoms with van der Waals surface area (Å²) in [6.45, 7) is 8.29. The predicted molar refractivity (Wildman–Crippen MR) is 120 cm³/mol. The van der Waals surface area contributed by atoms with E-state index in [4.69, 9.17) is 4.74 Å². The molecule has 0 amide bonds. The van der Waals surface area contributed by atoms with Gasteiger partial charge in [-0.2, -0.15) is 0 Å². The summed E-state index contributed by atoms with van der Waals surface area (Å²) in [6.07, 6.45) is 10.5. The van der Waals surface area contributed by atoms with Gasteiger partial charge < -0.3 is 9.84 Å². The van der Waals surface area contributed by atoms with E-state index in [1.807, 2.05) is 0 Å². The number of benzene rings is 1. The second-order valence-corrected chi connectivity index (χ2v) is 6.39. The number of allylic oxidation sites excluding steroid dienone is 8. The second-order valence-electron chi connectivity index (χ2n) is 6.39. The van der Waals surface area contributed by atoms with Crippen LogP contribution < -0.4 is 4.74 Å². The lowest BCUT2D eigenvalue weighted by molar-refractivity contribution is -0.419. The molecule has 0 bridgehead atoms. The van der Waals surface area contributed by atoms with Crippen LogP contribution in [0.1, 0.15) is 36.7 Å². The van der Waals surface area contributed by atoms with Crippen molar-refractivity contribution in [2.24, 2.45) is 0 Å². The second kappa shape index (κ2) is 12.4. The van der Waals surface area contributed by atoms with Crippen LogP contribution in [-0.4, -0.2) is 20.9 Å². The minimum atomic E-state index is -1.15. The highest BCUT2D eigenvalue weighted by atomic mass is 16.6. The molecule has 1 aromatic carbocycles. The largest absolute Gasteiger partial charge is 0.478 e. The summed E-state index contributed by atoms with van der Waals surface area (Å²) in [5.41, 5.74) is 0.940. The van der Waals surface area contributed by atoms with Crippen molar-refractivity contribution >= 4 is 5.97 Å². The molecule has 0 fully saturated rings. The number of aromatic carboxylic acids is 1. The van der Waals surface area contributed by atoms with Gasteiger partial charge in [0.2, 0.25) is 0 Å². The summed E-state index contributed by atoms with van der Waals surface area (Å²) in [5.74, 6) is -0.669. The Balaban J connectivity index is 3.21. The van der Waals surface area contributed by atoms with Gasteiger partial charge in [0.15, 0.2) is 0 Å². The van der Waals surface area contributed by atoms with Crippen molar-refractivity contribution in [1.29, 1.82) is 0 Å². The van der Waals surface area contributed by atoms with E-state index in [0.29, 0.717) is 12.0 Å². The number of rotatable bonds is 11. The van der Waals surface area contributed by atoms with Crippen molar-refractivity contribution in [3.8, 4) is 5.75 Å². The first-order valence-corrected chi connectivity index (χ1v) is 9.48. The summed E-state index contributed by atoms with van der Waals surface area (Å²) in [7, 11) is 0. The Kier molecular flexibility index (Phi) is 10.0. The molecule has 0 unspecified atom stereocenters. The topological polar surface area (TPSA) is 133 Å². The fourth-order valence-corrected chi connectivity index (χ4v) is 2.46. The van der Waals surface area contributed by atoms with Gasteiger partial charge in [-0.3, -0.25) is 20.2 Å². The van der Waals surface area contributed by atoms with Crippen molar-refractivity contribution < 1.29 is 24.5 Å². The molecule has 168 valence electrons. The lowest BCUT2D eigenvalue weighted by Crippen LogP contribution is -2.02. The fraction of sp³-hybridized carbons (Fsp3) is 0.174. The van der Waals surface area contributed by atoms with E-state index in [9.17, 15) is 30.1 Å². The van der Waals surface area contributed by atoms with Crippen LogP contribution in [0.5, 0.6) is 5.75 Å². The molecule has 9 heteroatoms. The molecule has 0 aliphatic heterocycles. The molecular formula is C23H24N2O7. The van der Waals surface area contributed by atoms with E-state index in [0.717, 1.165) is 5.57 Å². The summed E-state index contributed by atoms with van der Waals surface area (Å²) in [4.78, 5) is 32.0. The fourth-order valence-electron chi connectivity index (χ4n) is 2.46. The van der Waals surface area contributed by atoms with E-state index < -0.39 is 15.8 Å². The first-order valence-electron chi connectivity index (χ1n) is 9.48. The van der Waals surface area contributed by atoms with Crippen LogP contribution in [0.4, 0.5) is 0 Å². The SMILES string of the molecule is C=C(/C=C\C(=C/C)Oc1cc(CC(/C=C\C(=C/C)[N+](=O)[O-])=C/C)cc(C(=O)O)c1)[N+](=O)[O-]. The molecule has 0 heterocycles. The van der Waals surface area contributed by atoms with Crippen molar-refractivity contribution in [2.75, 3.05) is 0 Å². The minimum absolute atomic E-state index is 0.00880. The smallest absolute Gasteiger partial charge is 0.335 e. The number of hydrogen-bond acceptors (Lipinski definition) is 6. The van der Waals surface area contributed by atoms with E-state index in [1.54, 1.807) is 45.1 Å². The number of ether oxygens (including phenoxy) is 1. The van der Waals surface area contributed by atoms with Gasteiger partial charge in [-0.15, -0.1) is 0 Å². The molecule has 0 saturated carbocycles. The zero-order valence-electron chi connectivity index (χ0n) is 18.0. The lowest BCUT2D eigenvalue weighted by Gasteiger charge is -2.11. The van der Waals surface area contributed by atoms with Gasteiger partial charge in [0.1, 0.15) is 11.5 Å². The van der Waals surface area contributed by atoms with E-state index in [1.165, 1.54) is 36.4 Å². The average Bonchev–Trinajstić information content (AvgIpc) is 2.75. The Morgan fingerprint density at radius 3 is 2.19 bits per heavy atom. The molecular weight excluding hydrogens is 416 g/mol. The molecule has 1 rings (SSSR count). The van der Waals surface area contributed by atoms with Crippen LogP contribution in [0.3, 0.4) is 0 Å². The third kappa shape index (κ3) is 8.23. The normalized spacial score (nSPS) is 12.9. The monoisotopic (exact) mass is 440 g/mol. The molecule has 0 aliphatic carbocycles. The quantitative estimate of drug-likeness (QED) is 0.215. The summed E-state index contributed by atoms with van der Waals surface area (Å²) < 4.78 is 5.70. The summed E-state index contributed by atoms with van der Waals surface area (Å²) >= 11 is 0. The van der Waals surface area contributed by atoms with Gasteiger partial charge in [-0.1, -0.05) is 12.2 Å². The zero-order valence-corrected chi connectivity index (χ0v) is 18.0. The van der Waals surface area contributed by atoms with Gasteiger partial charge in [-0.05, 0) is 81.3 Å². The van der Waals surface area contributed by atoms with Crippen molar-refractivity contribution in [2.45, 2.75) is 27.2 Å². The van der Waals surface area contributed by atoms with Gasteiger partial charge >= 0.3 is 5.97 Å². The van der Waals surface area contributed by atoms with Gasteiger partial charge in [0.25, 0.3) is 11.4 Å². The molecule has 1 aromatic rings. The molecule has 0 aromatic heterocycles. The van der Waals surface area contributed by atoms with Gasteiger partial charge in [-0.25, -0.2) is 4.79 Å². The minimum Gasteiger partial charge on any atom is -0.478 e. The lowest BCUT2D eigenvalue weighted by atomic mass is 10.0. The van der Waals surface area contributed by atoms with Crippen LogP contribution in [0, 0.1) is 20.2 Å². The highest BCUT2D eigenvalue weighted by molar-refractivity contribution is 5.88. The molecule has 0 aliphatic rings. The van der Waals surface area contributed by atoms with E-state index in [2.05, 4.69) is 6.58 Å². The zero-order chi connectivity index (χ0) is 24.3. The van der Waals surface area contributed by atoms with E-state index in [-0.39, 0.29) is 28.5 Å². The molecule has 0 spiro atoms. The average molecular weight is 440 g/mol. The molecule has 0 atom stereocenters. The van der Waals surface area contributed by atoms with E-state index >= 15 is 0 Å². The van der Waals surface area contributed by atoms with Crippen LogP contribution >= 0.6 is 0 Å². The molecule has 32 heavy (non-hydrogen) atoms. The maximum absolute atomic E-state index is 11.6. The highest BCUT2D eigenvalue weighted by Gasteiger charge is 2.11. The maximum Gasteiger partial charge on any atom is 0.335 e. The molecule has 1 N–H and O–H groups in total. The third-order valence-corrected chi connectivity index (χ3v) is 4.16. The predicted octanol–water partition coefficient (Wildman–Crippen LogP) is 5.24. The van der Waals surface area contributed by atoms with Crippen LogP contribution in [0.2, 0.25) is 0 Å². The number of carboxylic acids is 1. The highest BCUT2D eigenvalue weighted by Crippen LogP contribution is 2.23. The number of carboxylic acid groups (broad SMARTS) is 1. The molecule has 9 nitrogen and oxygen atoms in total. The van der Waals surface area contributed by atoms with Crippen molar-refractivity contribution in [3.63, 3.8) is 0 Å².